The molecule has 0 aliphatic carbocycles. The van der Waals surface area contributed by atoms with Gasteiger partial charge < -0.3 is 0 Å². The van der Waals surface area contributed by atoms with E-state index in [-0.39, 0.29) is 0 Å². The highest BCUT2D eigenvalue weighted by molar-refractivity contribution is 5.74. The van der Waals surface area contributed by atoms with Gasteiger partial charge in [0.05, 0.1) is 28.5 Å². The summed E-state index contributed by atoms with van der Waals surface area (Å²) < 4.78 is 6.21. The van der Waals surface area contributed by atoms with Gasteiger partial charge in [-0.2, -0.15) is 0 Å². The number of benzene rings is 3. The van der Waals surface area contributed by atoms with E-state index in [4.69, 9.17) is 9.97 Å². The van der Waals surface area contributed by atoms with Gasteiger partial charge in [0.1, 0.15) is 34.9 Å². The van der Waals surface area contributed by atoms with Crippen LogP contribution >= 0.6 is 0 Å². The van der Waals surface area contributed by atoms with Gasteiger partial charge >= 0.3 is 0 Å². The highest BCUT2D eigenvalue weighted by atomic mass is 15.3. The van der Waals surface area contributed by atoms with Crippen molar-refractivity contribution in [3.8, 4) is 51.0 Å². The van der Waals surface area contributed by atoms with Gasteiger partial charge in [-0.05, 0) is 128 Å². The summed E-state index contributed by atoms with van der Waals surface area (Å²) >= 11 is 0. The summed E-state index contributed by atoms with van der Waals surface area (Å²) in [7, 11) is 0. The predicted molar refractivity (Wildman–Crippen MR) is 186 cm³/mol. The molecule has 7 aromatic rings. The van der Waals surface area contributed by atoms with Crippen molar-refractivity contribution in [2.75, 3.05) is 0 Å². The zero-order valence-corrected chi connectivity index (χ0v) is 28.7. The average molecular weight is 636 g/mol. The van der Waals surface area contributed by atoms with Crippen LogP contribution in [0.1, 0.15) is 51.6 Å². The maximum absolute atomic E-state index is 5.15. The SMILES string of the molecule is Cc1cc(-c2cc(-c3ccc(-n4c(C)nnc4C)c(C)c3)nc(-c3ccc(-n4c(C)nnc4C)c(C)c3)n2)ccc1-n1c(C)nnc1C. The molecule has 0 aliphatic heterocycles. The molecule has 11 heteroatoms. The largest absolute Gasteiger partial charge is 0.283 e. The lowest BCUT2D eigenvalue weighted by Crippen LogP contribution is -2.04. The van der Waals surface area contributed by atoms with E-state index in [9.17, 15) is 0 Å². The molecule has 7 rings (SSSR count). The Morgan fingerprint density at radius 1 is 0.354 bits per heavy atom. The van der Waals surface area contributed by atoms with E-state index < -0.39 is 0 Å². The number of rotatable bonds is 6. The molecule has 48 heavy (non-hydrogen) atoms. The lowest BCUT2D eigenvalue weighted by Gasteiger charge is -2.15. The van der Waals surface area contributed by atoms with Crippen molar-refractivity contribution < 1.29 is 0 Å². The second-order valence-electron chi connectivity index (χ2n) is 12.4. The third-order valence-electron chi connectivity index (χ3n) is 8.85. The zero-order valence-electron chi connectivity index (χ0n) is 28.7. The topological polar surface area (TPSA) is 118 Å². The molecule has 0 saturated carbocycles. The molecule has 240 valence electrons. The Balaban J connectivity index is 1.37. The Morgan fingerprint density at radius 3 is 0.958 bits per heavy atom. The van der Waals surface area contributed by atoms with Crippen molar-refractivity contribution in [2.45, 2.75) is 62.3 Å². The van der Waals surface area contributed by atoms with Gasteiger partial charge in [-0.15, -0.1) is 30.6 Å². The molecule has 0 bridgehead atoms. The second-order valence-corrected chi connectivity index (χ2v) is 12.4. The highest BCUT2D eigenvalue weighted by Crippen LogP contribution is 2.32. The Kier molecular flexibility index (Phi) is 7.54. The molecule has 4 heterocycles. The predicted octanol–water partition coefficient (Wildman–Crippen LogP) is 7.00. The minimum absolute atomic E-state index is 0.647. The summed E-state index contributed by atoms with van der Waals surface area (Å²) in [4.78, 5) is 10.3. The first kappa shape index (κ1) is 30.8. The summed E-state index contributed by atoms with van der Waals surface area (Å²) in [6, 6.07) is 21.1. The highest BCUT2D eigenvalue weighted by Gasteiger charge is 2.17. The van der Waals surface area contributed by atoms with Crippen LogP contribution in [0, 0.1) is 62.3 Å². The van der Waals surface area contributed by atoms with E-state index in [1.54, 1.807) is 0 Å². The van der Waals surface area contributed by atoms with E-state index in [0.717, 1.165) is 96.8 Å². The molecule has 4 aromatic heterocycles. The fourth-order valence-corrected chi connectivity index (χ4v) is 6.50. The number of hydrogen-bond acceptors (Lipinski definition) is 8. The van der Waals surface area contributed by atoms with Crippen LogP contribution < -0.4 is 0 Å². The summed E-state index contributed by atoms with van der Waals surface area (Å²) in [6.45, 7) is 18.1. The van der Waals surface area contributed by atoms with Crippen molar-refractivity contribution in [1.29, 1.82) is 0 Å². The number of hydrogen-bond donors (Lipinski definition) is 0. The third-order valence-corrected chi connectivity index (χ3v) is 8.85. The molecule has 0 unspecified atom stereocenters. The third kappa shape index (κ3) is 5.26. The quantitative estimate of drug-likeness (QED) is 0.192. The van der Waals surface area contributed by atoms with Crippen molar-refractivity contribution >= 4 is 0 Å². The molecule has 0 saturated heterocycles. The lowest BCUT2D eigenvalue weighted by molar-refractivity contribution is 0.928. The number of nitrogens with zero attached hydrogens (tertiary/aromatic N) is 11. The van der Waals surface area contributed by atoms with Gasteiger partial charge in [0, 0.05) is 16.7 Å². The maximum atomic E-state index is 5.15. The fraction of sp³-hybridized carbons (Fsp3) is 0.243. The van der Waals surface area contributed by atoms with Gasteiger partial charge in [-0.25, -0.2) is 9.97 Å². The maximum Gasteiger partial charge on any atom is 0.160 e. The van der Waals surface area contributed by atoms with Crippen molar-refractivity contribution in [3.05, 3.63) is 112 Å². The summed E-state index contributed by atoms with van der Waals surface area (Å²) in [6.07, 6.45) is 0. The molecule has 0 spiro atoms. The molecule has 3 aromatic carbocycles. The van der Waals surface area contributed by atoms with Crippen LogP contribution in [0.3, 0.4) is 0 Å². The van der Waals surface area contributed by atoms with Gasteiger partial charge in [0.15, 0.2) is 5.82 Å². The van der Waals surface area contributed by atoms with E-state index in [0.29, 0.717) is 5.82 Å². The molecule has 11 nitrogen and oxygen atoms in total. The second kappa shape index (κ2) is 11.8. The molecule has 0 aliphatic rings. The Labute approximate surface area is 279 Å². The van der Waals surface area contributed by atoms with Crippen LogP contribution in [-0.4, -0.2) is 54.3 Å². The van der Waals surface area contributed by atoms with Crippen molar-refractivity contribution in [2.24, 2.45) is 0 Å². The van der Waals surface area contributed by atoms with E-state index in [1.165, 1.54) is 0 Å². The first-order chi connectivity index (χ1) is 23.0. The van der Waals surface area contributed by atoms with E-state index in [2.05, 4.69) is 126 Å². The van der Waals surface area contributed by atoms with Crippen LogP contribution in [0.15, 0.2) is 60.7 Å². The summed E-state index contributed by atoms with van der Waals surface area (Å²) in [5.74, 6) is 5.73. The van der Waals surface area contributed by atoms with Crippen LogP contribution in [-0.2, 0) is 0 Å². The standard InChI is InChI=1S/C37H37N11/c1-20-16-29(10-13-34(20)46-23(4)40-41-24(46)5)32-19-33(30-11-14-35(21(2)17-30)47-25(6)42-43-26(47)7)39-37(38-32)31-12-15-36(22(3)18-31)48-27(8)44-45-28(48)9/h10-19H,1-9H3. The number of aryl methyl sites for hydroxylation is 9. The Morgan fingerprint density at radius 2 is 0.646 bits per heavy atom. The normalized spacial score (nSPS) is 11.4. The van der Waals surface area contributed by atoms with E-state index >= 15 is 0 Å². The Hall–Kier alpha value is -5.84. The number of aromatic nitrogens is 11. The smallest absolute Gasteiger partial charge is 0.160 e. The molecular formula is C37H37N11. The molecule has 0 fully saturated rings. The van der Waals surface area contributed by atoms with Gasteiger partial charge in [0.2, 0.25) is 0 Å². The first-order valence-corrected chi connectivity index (χ1v) is 15.9. The van der Waals surface area contributed by atoms with Crippen molar-refractivity contribution in [3.63, 3.8) is 0 Å². The van der Waals surface area contributed by atoms with Gasteiger partial charge in [-0.3, -0.25) is 13.7 Å². The van der Waals surface area contributed by atoms with Crippen LogP contribution in [0.5, 0.6) is 0 Å². The molecule has 0 atom stereocenters. The average Bonchev–Trinajstić information content (AvgIpc) is 3.70. The van der Waals surface area contributed by atoms with Crippen molar-refractivity contribution in [1.82, 2.24) is 54.3 Å². The fourth-order valence-electron chi connectivity index (χ4n) is 6.50. The Bertz CT molecular complexity index is 2020. The first-order valence-electron chi connectivity index (χ1n) is 15.9. The minimum Gasteiger partial charge on any atom is -0.283 e. The summed E-state index contributed by atoms with van der Waals surface area (Å²) in [5.41, 5.74) is 11.0. The van der Waals surface area contributed by atoms with Crippen LogP contribution in [0.25, 0.3) is 51.0 Å². The van der Waals surface area contributed by atoms with Gasteiger partial charge in [0.25, 0.3) is 0 Å². The van der Waals surface area contributed by atoms with Gasteiger partial charge in [-0.1, -0.05) is 12.1 Å². The molecular weight excluding hydrogens is 598 g/mol. The lowest BCUT2D eigenvalue weighted by atomic mass is 10.0. The van der Waals surface area contributed by atoms with Crippen LogP contribution in [0.2, 0.25) is 0 Å². The zero-order chi connectivity index (χ0) is 33.9. The summed E-state index contributed by atoms with van der Waals surface area (Å²) in [5, 5.41) is 25.5. The monoisotopic (exact) mass is 635 g/mol. The molecule has 0 radical (unpaired) electrons. The minimum atomic E-state index is 0.647. The van der Waals surface area contributed by atoms with E-state index in [1.807, 2.05) is 41.5 Å². The molecule has 0 amide bonds. The molecule has 0 N–H and O–H groups in total. The van der Waals surface area contributed by atoms with Crippen LogP contribution in [0.4, 0.5) is 0 Å².